The number of pyridine rings is 1. The Labute approximate surface area is 266 Å². The van der Waals surface area contributed by atoms with Crippen LogP contribution in [0.3, 0.4) is 0 Å². The minimum absolute atomic E-state index is 0.00297. The Morgan fingerprint density at radius 1 is 1.02 bits per heavy atom. The summed E-state index contributed by atoms with van der Waals surface area (Å²) in [5.41, 5.74) is -2.16. The summed E-state index contributed by atoms with van der Waals surface area (Å²) in [5.74, 6) is -5.22. The van der Waals surface area contributed by atoms with Gasteiger partial charge >= 0.3 is 0 Å². The summed E-state index contributed by atoms with van der Waals surface area (Å²) < 4.78 is 85.5. The molecule has 45 heavy (non-hydrogen) atoms. The number of hydrogen-bond acceptors (Lipinski definition) is 8. The van der Waals surface area contributed by atoms with Crippen LogP contribution < -0.4 is 19.1 Å². The number of methoxy groups -OCH3 is 2. The largest absolute Gasteiger partial charge is 0.497 e. The molecule has 2 aromatic carbocycles. The number of aliphatic hydroxyl groups is 1. The van der Waals surface area contributed by atoms with Crippen molar-refractivity contribution in [1.82, 2.24) is 9.88 Å². The second-order valence-electron chi connectivity index (χ2n) is 12.3. The zero-order chi connectivity index (χ0) is 32.8. The van der Waals surface area contributed by atoms with Crippen LogP contribution in [-0.4, -0.2) is 74.4 Å². The van der Waals surface area contributed by atoms with Crippen molar-refractivity contribution in [3.05, 3.63) is 71.7 Å². The minimum Gasteiger partial charge on any atom is -0.497 e. The number of halogens is 4. The van der Waals surface area contributed by atoms with Crippen LogP contribution in [0.15, 0.2) is 53.4 Å². The average molecular weight is 669 g/mol. The molecule has 2 N–H and O–H groups in total. The Bertz CT molecular complexity index is 1680. The van der Waals surface area contributed by atoms with Crippen molar-refractivity contribution < 1.29 is 36.2 Å². The Kier molecular flexibility index (Phi) is 8.95. The number of likely N-dealkylation sites (tertiary alicyclic amines) is 1. The Hall–Kier alpha value is -3.26. The maximum Gasteiger partial charge on any atom is 0.263 e. The third-order valence-electron chi connectivity index (χ3n) is 8.62. The summed E-state index contributed by atoms with van der Waals surface area (Å²) in [7, 11) is -1.48. The van der Waals surface area contributed by atoms with Crippen molar-refractivity contribution in [3.8, 4) is 11.5 Å². The number of benzene rings is 2. The lowest BCUT2D eigenvalue weighted by Gasteiger charge is -2.45. The molecule has 0 bridgehead atoms. The van der Waals surface area contributed by atoms with Gasteiger partial charge in [-0.2, -0.15) is 13.8 Å². The van der Waals surface area contributed by atoms with Crippen LogP contribution in [0.4, 0.5) is 24.7 Å². The second kappa shape index (κ2) is 12.2. The molecule has 0 radical (unpaired) electrons. The van der Waals surface area contributed by atoms with Crippen molar-refractivity contribution in [2.24, 2.45) is 5.41 Å². The van der Waals surface area contributed by atoms with Gasteiger partial charge in [-0.15, -0.1) is 0 Å². The molecule has 0 aliphatic carbocycles. The number of nitrogens with one attached hydrogen (secondary N) is 1. The van der Waals surface area contributed by atoms with Crippen molar-refractivity contribution in [2.75, 3.05) is 50.0 Å². The summed E-state index contributed by atoms with van der Waals surface area (Å²) in [6.45, 7) is 5.51. The molecule has 1 aromatic heterocycles. The predicted octanol–water partition coefficient (Wildman–Crippen LogP) is 5.17. The molecule has 2 aliphatic heterocycles. The fourth-order valence-electron chi connectivity index (χ4n) is 6.23. The van der Waals surface area contributed by atoms with E-state index in [0.717, 1.165) is 11.3 Å². The van der Waals surface area contributed by atoms with E-state index >= 15 is 13.2 Å². The molecule has 3 aromatic rings. The first kappa shape index (κ1) is 33.1. The Balaban J connectivity index is 1.57. The quantitative estimate of drug-likeness (QED) is 0.173. The fourth-order valence-corrected chi connectivity index (χ4v) is 7.72. The molecule has 5 rings (SSSR count). The second-order valence-corrected chi connectivity index (χ2v) is 14.6. The number of anilines is 2. The number of nitrogens with zero attached hydrogens (tertiary/aromatic N) is 3. The molecule has 2 unspecified atom stereocenters. The highest BCUT2D eigenvalue weighted by Crippen LogP contribution is 2.50. The van der Waals surface area contributed by atoms with E-state index in [-0.39, 0.29) is 36.2 Å². The number of alkyl halides is 1. The van der Waals surface area contributed by atoms with E-state index in [9.17, 15) is 13.5 Å². The molecule has 2 saturated heterocycles. The number of ether oxygens (including phenoxy) is 2. The molecule has 3 heterocycles. The highest BCUT2D eigenvalue weighted by atomic mass is 35.5. The lowest BCUT2D eigenvalue weighted by molar-refractivity contribution is -0.0129. The first-order chi connectivity index (χ1) is 21.1. The van der Waals surface area contributed by atoms with Crippen LogP contribution in [0.1, 0.15) is 32.3 Å². The molecular formula is C31H36ClF3N4O5S. The van der Waals surface area contributed by atoms with Crippen LogP contribution in [0.2, 0.25) is 0 Å². The maximum absolute atomic E-state index is 15.9. The van der Waals surface area contributed by atoms with E-state index in [0.29, 0.717) is 30.2 Å². The lowest BCUT2D eigenvalue weighted by atomic mass is 9.87. The number of aromatic nitrogens is 1. The van der Waals surface area contributed by atoms with E-state index in [1.165, 1.54) is 38.5 Å². The summed E-state index contributed by atoms with van der Waals surface area (Å²) in [6, 6.07) is 11.9. The summed E-state index contributed by atoms with van der Waals surface area (Å²) in [4.78, 5) is 4.45. The zero-order valence-electron chi connectivity index (χ0n) is 25.4. The van der Waals surface area contributed by atoms with Crippen LogP contribution >= 0.6 is 11.6 Å². The number of hydrogen-bond donors (Lipinski definition) is 2. The van der Waals surface area contributed by atoms with Gasteiger partial charge in [-0.25, -0.2) is 12.8 Å². The maximum atomic E-state index is 15.9. The zero-order valence-corrected chi connectivity index (χ0v) is 27.0. The van der Waals surface area contributed by atoms with Gasteiger partial charge in [-0.1, -0.05) is 49.7 Å². The van der Waals surface area contributed by atoms with E-state index in [1.807, 2.05) is 4.72 Å². The minimum atomic E-state index is -4.41. The molecule has 0 spiro atoms. The lowest BCUT2D eigenvalue weighted by Crippen LogP contribution is -2.60. The highest BCUT2D eigenvalue weighted by Gasteiger charge is 2.60. The molecule has 244 valence electrons. The highest BCUT2D eigenvalue weighted by molar-refractivity contribution is 7.92. The van der Waals surface area contributed by atoms with Gasteiger partial charge in [0.15, 0.2) is 11.6 Å². The van der Waals surface area contributed by atoms with Gasteiger partial charge in [0.2, 0.25) is 11.8 Å². The molecule has 14 heteroatoms. The van der Waals surface area contributed by atoms with Crippen molar-refractivity contribution in [2.45, 2.75) is 48.6 Å². The van der Waals surface area contributed by atoms with Gasteiger partial charge < -0.3 is 19.5 Å². The van der Waals surface area contributed by atoms with Gasteiger partial charge in [0.05, 0.1) is 19.1 Å². The monoisotopic (exact) mass is 668 g/mol. The summed E-state index contributed by atoms with van der Waals surface area (Å²) in [5, 5.41) is 12.3. The first-order valence-electron chi connectivity index (χ1n) is 14.4. The van der Waals surface area contributed by atoms with Crippen molar-refractivity contribution >= 4 is 33.1 Å². The number of β-amino-alcohol motifs (C(OH)–C–C–N with tert-alkyl or cyclic N) is 1. The summed E-state index contributed by atoms with van der Waals surface area (Å²) >= 11 is 7.36. The van der Waals surface area contributed by atoms with Gasteiger partial charge in [0.25, 0.3) is 10.0 Å². The van der Waals surface area contributed by atoms with E-state index < -0.39 is 49.7 Å². The smallest absolute Gasteiger partial charge is 0.263 e. The van der Waals surface area contributed by atoms with Gasteiger partial charge in [0.1, 0.15) is 27.8 Å². The molecular weight excluding hydrogens is 633 g/mol. The summed E-state index contributed by atoms with van der Waals surface area (Å²) in [6.07, 6.45) is 0.709. The van der Waals surface area contributed by atoms with Crippen LogP contribution in [0.25, 0.3) is 0 Å². The van der Waals surface area contributed by atoms with Crippen molar-refractivity contribution in [3.63, 3.8) is 0 Å². The number of sulfonamides is 1. The van der Waals surface area contributed by atoms with Crippen molar-refractivity contribution in [1.29, 1.82) is 0 Å². The SMILES string of the molecule is COc1ccc(CC2(Cl)N(c3c(F)nc(NS(=O)(=O)c4ccccc4)c(F)c3F)CCC2(O)CN2CCC(C)(C)C2)c(OC)c1. The van der Waals surface area contributed by atoms with Crippen LogP contribution in [0, 0.1) is 23.0 Å². The topological polar surface area (TPSA) is 104 Å². The Morgan fingerprint density at radius 3 is 2.36 bits per heavy atom. The van der Waals surface area contributed by atoms with E-state index in [1.54, 1.807) is 24.3 Å². The molecule has 2 atom stereocenters. The first-order valence-corrected chi connectivity index (χ1v) is 16.2. The molecule has 2 aliphatic rings. The van der Waals surface area contributed by atoms with E-state index in [2.05, 4.69) is 23.7 Å². The Morgan fingerprint density at radius 2 is 1.73 bits per heavy atom. The molecule has 0 saturated carbocycles. The van der Waals surface area contributed by atoms with Gasteiger partial charge in [0, 0.05) is 32.1 Å². The third kappa shape index (κ3) is 6.27. The van der Waals surface area contributed by atoms with Gasteiger partial charge in [-0.05, 0) is 48.6 Å². The normalized spacial score (nSPS) is 23.4. The third-order valence-corrected chi connectivity index (χ3v) is 10.7. The molecule has 9 nitrogen and oxygen atoms in total. The average Bonchev–Trinajstić information content (AvgIpc) is 3.46. The molecule has 0 amide bonds. The number of rotatable bonds is 10. The fraction of sp³-hybridized carbons (Fsp3) is 0.452. The predicted molar refractivity (Wildman–Crippen MR) is 165 cm³/mol. The van der Waals surface area contributed by atoms with E-state index in [4.69, 9.17) is 21.1 Å². The van der Waals surface area contributed by atoms with Gasteiger partial charge in [-0.3, -0.25) is 9.62 Å². The van der Waals surface area contributed by atoms with Crippen LogP contribution in [-0.2, 0) is 16.4 Å². The standard InChI is InChI=1S/C31H36ClF3N4O5S/c1-29(2)12-14-38(18-29)19-30(40)13-15-39(31(30,32)17-20-10-11-21(43-3)16-23(20)44-4)26-24(33)25(34)28(36-27(26)35)37-45(41,42)22-8-6-5-7-9-22/h5-11,16,40H,12-15,17-19H2,1-4H3,(H,36,37). The van der Waals surface area contributed by atoms with Crippen LogP contribution in [0.5, 0.6) is 11.5 Å². The molecule has 2 fully saturated rings.